The SMILES string of the molecule is [Cl-].[Cl-].[Cl-].[Cl-].[Pd]. The summed E-state index contributed by atoms with van der Waals surface area (Å²) in [5, 5.41) is 0. The van der Waals surface area contributed by atoms with Gasteiger partial charge in [0.15, 0.2) is 0 Å². The molecule has 0 nitrogen and oxygen atoms in total. The number of hydrogen-bond donors (Lipinski definition) is 0. The zero-order valence-corrected chi connectivity index (χ0v) is 6.41. The summed E-state index contributed by atoms with van der Waals surface area (Å²) < 4.78 is 0. The molecule has 0 aliphatic carbocycles. The van der Waals surface area contributed by atoms with Crippen LogP contribution in [0.5, 0.6) is 0 Å². The van der Waals surface area contributed by atoms with Crippen LogP contribution in [-0.4, -0.2) is 0 Å². The van der Waals surface area contributed by atoms with Crippen LogP contribution in [0, 0.1) is 0 Å². The van der Waals surface area contributed by atoms with E-state index in [1.807, 2.05) is 0 Å². The van der Waals surface area contributed by atoms with Gasteiger partial charge in [-0.05, 0) is 0 Å². The molecule has 0 heterocycles. The molecule has 0 N–H and O–H groups in total. The fraction of sp³-hybridized carbons (Fsp3) is 0. The predicted molar refractivity (Wildman–Crippen MR) is 0 cm³/mol. The Morgan fingerprint density at radius 2 is 0.400 bits per heavy atom. The number of halogens is 4. The Morgan fingerprint density at radius 1 is 0.400 bits per heavy atom. The first-order valence-electron chi connectivity index (χ1n) is 0. The third-order valence-electron chi connectivity index (χ3n) is 0. The molecule has 0 atom stereocenters. The summed E-state index contributed by atoms with van der Waals surface area (Å²) >= 11 is 0. The summed E-state index contributed by atoms with van der Waals surface area (Å²) in [5.74, 6) is 0. The molecule has 0 aromatic carbocycles. The van der Waals surface area contributed by atoms with E-state index < -0.39 is 0 Å². The van der Waals surface area contributed by atoms with E-state index >= 15 is 0 Å². The average Bonchev–Trinajstić information content (AvgIpc) is 0. The quantitative estimate of drug-likeness (QED) is 0.374. The molecule has 0 rings (SSSR count). The van der Waals surface area contributed by atoms with Gasteiger partial charge in [-0.15, -0.1) is 0 Å². The van der Waals surface area contributed by atoms with Gasteiger partial charge in [0.05, 0.1) is 0 Å². The summed E-state index contributed by atoms with van der Waals surface area (Å²) in [4.78, 5) is 0. The van der Waals surface area contributed by atoms with Crippen LogP contribution in [0.2, 0.25) is 0 Å². The second-order valence-corrected chi connectivity index (χ2v) is 0. The standard InChI is InChI=1S/4ClH.Pd/h4*1H;/p-4. The second kappa shape index (κ2) is 40.8. The van der Waals surface area contributed by atoms with Gasteiger partial charge in [-0.1, -0.05) is 0 Å². The molecule has 0 aromatic rings. The normalized spacial score (nSPS) is 0. The summed E-state index contributed by atoms with van der Waals surface area (Å²) in [6, 6.07) is 0. The molecular weight excluding hydrogens is 248 g/mol. The monoisotopic (exact) mass is 246 g/mol. The van der Waals surface area contributed by atoms with Crippen molar-refractivity contribution in [3.8, 4) is 0 Å². The van der Waals surface area contributed by atoms with Crippen molar-refractivity contribution in [2.45, 2.75) is 0 Å². The van der Waals surface area contributed by atoms with Crippen LogP contribution in [0.15, 0.2) is 0 Å². The molecule has 0 aliphatic heterocycles. The molecule has 0 saturated carbocycles. The Kier molecular flexibility index (Phi) is 568. The number of hydrogen-bond acceptors (Lipinski definition) is 0. The van der Waals surface area contributed by atoms with Gasteiger partial charge in [-0.25, -0.2) is 0 Å². The average molecular weight is 248 g/mol. The van der Waals surface area contributed by atoms with Crippen molar-refractivity contribution in [1.82, 2.24) is 0 Å². The molecule has 42 valence electrons. The maximum absolute atomic E-state index is 0. The minimum atomic E-state index is 0. The minimum absolute atomic E-state index is 0. The maximum Gasteiger partial charge on any atom is 0 e. The Morgan fingerprint density at radius 3 is 0.400 bits per heavy atom. The fourth-order valence-electron chi connectivity index (χ4n) is 0. The Bertz CT molecular complexity index is 3.61. The zero-order valence-electron chi connectivity index (χ0n) is 1.83. The summed E-state index contributed by atoms with van der Waals surface area (Å²) in [5.41, 5.74) is 0. The van der Waals surface area contributed by atoms with E-state index in [1.165, 1.54) is 0 Å². The Labute approximate surface area is 69.8 Å². The van der Waals surface area contributed by atoms with Gasteiger partial charge in [0.25, 0.3) is 0 Å². The predicted octanol–water partition coefficient (Wildman–Crippen LogP) is -12.0. The molecule has 0 aliphatic rings. The molecule has 0 unspecified atom stereocenters. The third kappa shape index (κ3) is 25.6. The molecule has 0 aromatic heterocycles. The van der Waals surface area contributed by atoms with Crippen molar-refractivity contribution in [3.05, 3.63) is 0 Å². The molecule has 0 bridgehead atoms. The molecule has 0 radical (unpaired) electrons. The second-order valence-electron chi connectivity index (χ2n) is 0. The van der Waals surface area contributed by atoms with Crippen LogP contribution in [-0.2, 0) is 20.4 Å². The van der Waals surface area contributed by atoms with E-state index in [-0.39, 0.29) is 70.1 Å². The van der Waals surface area contributed by atoms with E-state index in [1.54, 1.807) is 0 Å². The molecule has 5 heavy (non-hydrogen) atoms. The smallest absolute Gasteiger partial charge is 0 e. The summed E-state index contributed by atoms with van der Waals surface area (Å²) in [6.07, 6.45) is 0. The fourth-order valence-corrected chi connectivity index (χ4v) is 0. The van der Waals surface area contributed by atoms with Crippen LogP contribution >= 0.6 is 0 Å². The van der Waals surface area contributed by atoms with E-state index in [0.29, 0.717) is 0 Å². The molecule has 0 spiro atoms. The van der Waals surface area contributed by atoms with Crippen molar-refractivity contribution >= 4 is 0 Å². The van der Waals surface area contributed by atoms with Crippen LogP contribution in [0.1, 0.15) is 0 Å². The molecule has 0 amide bonds. The van der Waals surface area contributed by atoms with Crippen molar-refractivity contribution in [2.75, 3.05) is 0 Å². The van der Waals surface area contributed by atoms with E-state index in [4.69, 9.17) is 0 Å². The van der Waals surface area contributed by atoms with Crippen molar-refractivity contribution in [2.24, 2.45) is 0 Å². The van der Waals surface area contributed by atoms with Gasteiger partial charge >= 0.3 is 0 Å². The van der Waals surface area contributed by atoms with Gasteiger partial charge in [0, 0.05) is 20.4 Å². The molecule has 0 fully saturated rings. The first-order chi connectivity index (χ1) is 0. The van der Waals surface area contributed by atoms with Crippen molar-refractivity contribution < 1.29 is 70.1 Å². The maximum atomic E-state index is 0. The molecule has 5 heteroatoms. The molecular formula is Cl4Pd-4. The topological polar surface area (TPSA) is 0 Å². The van der Waals surface area contributed by atoms with Crippen molar-refractivity contribution in [1.29, 1.82) is 0 Å². The van der Waals surface area contributed by atoms with Gasteiger partial charge < -0.3 is 49.6 Å². The van der Waals surface area contributed by atoms with Crippen LogP contribution in [0.25, 0.3) is 0 Å². The van der Waals surface area contributed by atoms with E-state index in [0.717, 1.165) is 0 Å². The van der Waals surface area contributed by atoms with Crippen LogP contribution in [0.3, 0.4) is 0 Å². The van der Waals surface area contributed by atoms with Crippen LogP contribution in [0.4, 0.5) is 0 Å². The first kappa shape index (κ1) is 69.6. The van der Waals surface area contributed by atoms with Gasteiger partial charge in [-0.2, -0.15) is 0 Å². The van der Waals surface area contributed by atoms with Gasteiger partial charge in [0.1, 0.15) is 0 Å². The third-order valence-corrected chi connectivity index (χ3v) is 0. The van der Waals surface area contributed by atoms with Gasteiger partial charge in [0.2, 0.25) is 0 Å². The van der Waals surface area contributed by atoms with E-state index in [9.17, 15) is 0 Å². The minimum Gasteiger partial charge on any atom is -1.00 e. The summed E-state index contributed by atoms with van der Waals surface area (Å²) in [6.45, 7) is 0. The van der Waals surface area contributed by atoms with Gasteiger partial charge in [-0.3, -0.25) is 0 Å². The van der Waals surface area contributed by atoms with Crippen molar-refractivity contribution in [3.63, 3.8) is 0 Å². The zero-order chi connectivity index (χ0) is 0. The van der Waals surface area contributed by atoms with Crippen LogP contribution < -0.4 is 49.6 Å². The number of rotatable bonds is 0. The first-order valence-corrected chi connectivity index (χ1v) is 0. The molecule has 0 saturated heterocycles. The Balaban J connectivity index is 0. The summed E-state index contributed by atoms with van der Waals surface area (Å²) in [7, 11) is 0. The largest absolute Gasteiger partial charge is 1.00 e. The van der Waals surface area contributed by atoms with E-state index in [2.05, 4.69) is 0 Å². The Hall–Kier alpha value is 1.82.